The highest BCUT2D eigenvalue weighted by molar-refractivity contribution is 5.97. The van der Waals surface area contributed by atoms with Crippen molar-refractivity contribution >= 4 is 11.0 Å². The Kier molecular flexibility index (Phi) is 5.19. The normalized spacial score (nSPS) is 16.0. The number of benzene rings is 6. The van der Waals surface area contributed by atoms with Gasteiger partial charge in [0, 0.05) is 31.2 Å². The molecule has 6 aromatic carbocycles. The van der Waals surface area contributed by atoms with Gasteiger partial charge in [-0.3, -0.25) is 9.55 Å². The third-order valence-corrected chi connectivity index (χ3v) is 9.02. The molecular formula is C48H41N3O. The number of para-hydroxylation sites is 2. The van der Waals surface area contributed by atoms with Gasteiger partial charge in [-0.2, -0.15) is 0 Å². The lowest BCUT2D eigenvalue weighted by Crippen LogP contribution is -2.11. The summed E-state index contributed by atoms with van der Waals surface area (Å²) < 4.78 is 122. The molecule has 0 spiro atoms. The molecule has 2 heterocycles. The van der Waals surface area contributed by atoms with Crippen molar-refractivity contribution in [3.05, 3.63) is 168 Å². The number of imidazole rings is 1. The Bertz CT molecular complexity index is 3230. The van der Waals surface area contributed by atoms with E-state index in [4.69, 9.17) is 22.8 Å². The summed E-state index contributed by atoms with van der Waals surface area (Å²) in [6.45, 7) is 0.250. The molecule has 0 radical (unpaired) electrons. The summed E-state index contributed by atoms with van der Waals surface area (Å²) >= 11 is 0. The molecule has 0 saturated carbocycles. The first kappa shape index (κ1) is 20.6. The lowest BCUT2D eigenvalue weighted by molar-refractivity contribution is 0.477. The SMILES string of the molecule is [2H]c1nc(-c2cc(-c3cccc4c3nc(-c3ccccc3O)n4-c3cc(-c4ccccc4)c(C([2H])([2H])[2H])c(C([2H])([2H])[2H])c3)cc(C(C)(C)C)c2)c([2H])c(-c2c([2H])c([2H])c([2H])c([2H])c2[2H])c1[2H]. The van der Waals surface area contributed by atoms with Gasteiger partial charge in [0.1, 0.15) is 11.6 Å². The molecular weight excluding hydrogens is 635 g/mol. The predicted octanol–water partition coefficient (Wildman–Crippen LogP) is 12.4. The van der Waals surface area contributed by atoms with Crippen molar-refractivity contribution in [3.8, 4) is 67.5 Å². The van der Waals surface area contributed by atoms with Gasteiger partial charge in [-0.05, 0) is 118 Å². The van der Waals surface area contributed by atoms with Gasteiger partial charge >= 0.3 is 0 Å². The van der Waals surface area contributed by atoms with Crippen LogP contribution in [0.3, 0.4) is 0 Å². The van der Waals surface area contributed by atoms with E-state index in [1.165, 1.54) is 12.1 Å². The summed E-state index contributed by atoms with van der Waals surface area (Å²) in [5, 5.41) is 11.3. The Morgan fingerprint density at radius 2 is 1.44 bits per heavy atom. The maximum atomic E-state index is 11.3. The van der Waals surface area contributed by atoms with Crippen molar-refractivity contribution in [1.29, 1.82) is 0 Å². The molecule has 4 heteroatoms. The zero-order valence-corrected chi connectivity index (χ0v) is 28.6. The fraction of sp³-hybridized carbons (Fsp3) is 0.125. The fourth-order valence-electron chi connectivity index (χ4n) is 6.35. The average molecular weight is 690 g/mol. The standard InChI is InChI=1S/C48H41N3O/c1-31-25-39(30-42(32(31)2)34-17-10-7-11-18-34)51-44-21-14-20-40(46(44)50-47(51)41-19-12-13-22-45(41)52)36-26-37(28-38(27-36)48(3,4)5)43-29-35(23-24-49-43)33-15-8-6-9-16-33/h6-30,52H,1-5H3/i1D3,2D3,6D,8D,9D,15D,16D,23D,24D,29D. The van der Waals surface area contributed by atoms with Crippen LogP contribution in [0.1, 0.15) is 56.7 Å². The predicted molar refractivity (Wildman–Crippen MR) is 216 cm³/mol. The average Bonchev–Trinajstić information content (AvgIpc) is 3.66. The van der Waals surface area contributed by atoms with E-state index in [0.717, 1.165) is 5.56 Å². The molecule has 0 saturated heterocycles. The zero-order valence-electron chi connectivity index (χ0n) is 42.6. The van der Waals surface area contributed by atoms with Gasteiger partial charge < -0.3 is 5.11 Å². The molecule has 8 aromatic rings. The van der Waals surface area contributed by atoms with Gasteiger partial charge in [0.15, 0.2) is 0 Å². The minimum absolute atomic E-state index is 0.0715. The zero-order chi connectivity index (χ0) is 47.9. The first-order chi connectivity index (χ1) is 30.9. The van der Waals surface area contributed by atoms with Crippen LogP contribution >= 0.6 is 0 Å². The van der Waals surface area contributed by atoms with Crippen LogP contribution in [0, 0.1) is 13.7 Å². The Morgan fingerprint density at radius 3 is 2.21 bits per heavy atom. The Labute approximate surface area is 325 Å². The summed E-state index contributed by atoms with van der Waals surface area (Å²) in [5.74, 6) is 0.0854. The number of hydrogen-bond acceptors (Lipinski definition) is 3. The van der Waals surface area contributed by atoms with Gasteiger partial charge in [0.25, 0.3) is 0 Å². The maximum absolute atomic E-state index is 11.3. The molecule has 8 rings (SSSR count). The van der Waals surface area contributed by atoms with Crippen LogP contribution in [0.15, 0.2) is 152 Å². The van der Waals surface area contributed by atoms with Crippen molar-refractivity contribution < 1.29 is 24.3 Å². The smallest absolute Gasteiger partial charge is 0.149 e. The van der Waals surface area contributed by atoms with E-state index in [-0.39, 0.29) is 45.2 Å². The van der Waals surface area contributed by atoms with Gasteiger partial charge in [0.2, 0.25) is 0 Å². The molecule has 0 aliphatic heterocycles. The number of fused-ring (bicyclic) bond motifs is 1. The van der Waals surface area contributed by atoms with Crippen molar-refractivity contribution in [1.82, 2.24) is 14.5 Å². The summed E-state index contributed by atoms with van der Waals surface area (Å²) in [6.07, 6.45) is -0.575. The molecule has 52 heavy (non-hydrogen) atoms. The van der Waals surface area contributed by atoms with Gasteiger partial charge in [-0.1, -0.05) is 112 Å². The summed E-state index contributed by atoms with van der Waals surface area (Å²) in [4.78, 5) is 9.52. The molecule has 0 aliphatic rings. The van der Waals surface area contributed by atoms with Crippen molar-refractivity contribution in [3.63, 3.8) is 0 Å². The van der Waals surface area contributed by atoms with Crippen LogP contribution in [0.4, 0.5) is 0 Å². The number of nitrogens with zero attached hydrogens (tertiary/aromatic N) is 3. The van der Waals surface area contributed by atoms with Gasteiger partial charge in [-0.15, -0.1) is 0 Å². The highest BCUT2D eigenvalue weighted by atomic mass is 16.3. The van der Waals surface area contributed by atoms with Crippen molar-refractivity contribution in [2.75, 3.05) is 0 Å². The molecule has 0 aliphatic carbocycles. The van der Waals surface area contributed by atoms with Gasteiger partial charge in [-0.25, -0.2) is 4.98 Å². The van der Waals surface area contributed by atoms with Crippen molar-refractivity contribution in [2.45, 2.75) is 39.9 Å². The number of rotatable bonds is 6. The first-order valence-corrected chi connectivity index (χ1v) is 16.7. The number of aryl methyl sites for hydroxylation is 1. The third kappa shape index (κ3) is 6.07. The topological polar surface area (TPSA) is 50.9 Å². The molecule has 2 aromatic heterocycles. The number of hydrogen-bond donors (Lipinski definition) is 1. The van der Waals surface area contributed by atoms with Crippen molar-refractivity contribution in [2.24, 2.45) is 0 Å². The van der Waals surface area contributed by atoms with Crippen LogP contribution in [0.2, 0.25) is 0 Å². The van der Waals surface area contributed by atoms with E-state index in [1.807, 2.05) is 32.9 Å². The van der Waals surface area contributed by atoms with E-state index >= 15 is 0 Å². The number of aromatic hydroxyl groups is 1. The maximum Gasteiger partial charge on any atom is 0.149 e. The number of aromatic nitrogens is 3. The second-order valence-corrected chi connectivity index (χ2v) is 13.5. The number of pyridine rings is 1. The van der Waals surface area contributed by atoms with E-state index in [0.29, 0.717) is 38.9 Å². The quantitative estimate of drug-likeness (QED) is 0.189. The summed E-state index contributed by atoms with van der Waals surface area (Å²) in [6, 6.07) is 24.7. The minimum atomic E-state index is -2.87. The van der Waals surface area contributed by atoms with E-state index in [2.05, 4.69) is 4.98 Å². The molecule has 0 fully saturated rings. The van der Waals surface area contributed by atoms with Crippen LogP contribution < -0.4 is 0 Å². The largest absolute Gasteiger partial charge is 0.507 e. The Balaban J connectivity index is 1.45. The Morgan fingerprint density at radius 1 is 0.673 bits per heavy atom. The van der Waals surface area contributed by atoms with Gasteiger partial charge in [0.05, 0.1) is 33.3 Å². The van der Waals surface area contributed by atoms with E-state index < -0.39 is 73.2 Å². The third-order valence-electron chi connectivity index (χ3n) is 9.02. The van der Waals surface area contributed by atoms with Crippen LogP contribution in [-0.4, -0.2) is 19.6 Å². The van der Waals surface area contributed by atoms with E-state index in [1.54, 1.807) is 83.4 Å². The molecule has 0 bridgehead atoms. The van der Waals surface area contributed by atoms with Crippen LogP contribution in [-0.2, 0) is 5.41 Å². The van der Waals surface area contributed by atoms with Crippen LogP contribution in [0.25, 0.3) is 72.7 Å². The summed E-state index contributed by atoms with van der Waals surface area (Å²) in [7, 11) is 0. The second-order valence-electron chi connectivity index (χ2n) is 13.5. The second kappa shape index (κ2) is 13.1. The molecule has 0 atom stereocenters. The monoisotopic (exact) mass is 689 g/mol. The number of phenols is 1. The minimum Gasteiger partial charge on any atom is -0.507 e. The highest BCUT2D eigenvalue weighted by Gasteiger charge is 2.23. The lowest BCUT2D eigenvalue weighted by atomic mass is 9.83. The molecule has 0 amide bonds. The highest BCUT2D eigenvalue weighted by Crippen LogP contribution is 2.41. The molecule has 254 valence electrons. The fourth-order valence-corrected chi connectivity index (χ4v) is 6.35. The first-order valence-electron chi connectivity index (χ1n) is 23.7. The molecule has 1 N–H and O–H groups in total. The lowest BCUT2D eigenvalue weighted by Gasteiger charge is -2.22. The molecule has 0 unspecified atom stereocenters. The van der Waals surface area contributed by atoms with E-state index in [9.17, 15) is 6.48 Å². The summed E-state index contributed by atoms with van der Waals surface area (Å²) in [5.41, 5.74) is 2.24. The molecule has 4 nitrogen and oxygen atoms in total. The number of phenolic OH excluding ortho intramolecular Hbond substituents is 1. The van der Waals surface area contributed by atoms with Crippen LogP contribution in [0.5, 0.6) is 5.75 Å². The Hall–Kier alpha value is -6.26.